The van der Waals surface area contributed by atoms with Gasteiger partial charge in [-0.25, -0.2) is 0 Å². The van der Waals surface area contributed by atoms with Crippen LogP contribution in [0.5, 0.6) is 0 Å². The second kappa shape index (κ2) is 11.5. The lowest BCUT2D eigenvalue weighted by atomic mass is 9.59. The molecule has 3 heteroatoms. The van der Waals surface area contributed by atoms with E-state index in [4.69, 9.17) is 4.65 Å². The lowest BCUT2D eigenvalue weighted by Crippen LogP contribution is -2.24. The van der Waals surface area contributed by atoms with Crippen molar-refractivity contribution < 1.29 is 4.65 Å². The lowest BCUT2D eigenvalue weighted by molar-refractivity contribution is 0.298. The van der Waals surface area contributed by atoms with E-state index in [-0.39, 0.29) is 0 Å². The van der Waals surface area contributed by atoms with Crippen molar-refractivity contribution in [2.45, 2.75) is 59.1 Å². The average Bonchev–Trinajstić information content (AvgIpc) is 2.33. The fourth-order valence-electron chi connectivity index (χ4n) is 2.06. The Morgan fingerprint density at radius 1 is 0.938 bits per heavy atom. The zero-order valence-corrected chi connectivity index (χ0v) is 11.8. The Labute approximate surface area is 103 Å². The van der Waals surface area contributed by atoms with E-state index in [1.165, 1.54) is 58.0 Å². The van der Waals surface area contributed by atoms with Gasteiger partial charge in [0.2, 0.25) is 0 Å². The highest BCUT2D eigenvalue weighted by atomic mass is 16.4. The van der Waals surface area contributed by atoms with Crippen LogP contribution < -0.4 is 0 Å². The molecule has 0 atom stereocenters. The first-order valence-electron chi connectivity index (χ1n) is 7.03. The van der Waals surface area contributed by atoms with Gasteiger partial charge >= 0.3 is 0 Å². The summed E-state index contributed by atoms with van der Waals surface area (Å²) in [5.74, 6) is 0. The molecule has 0 aromatic rings. The molecule has 0 N–H and O–H groups in total. The minimum atomic E-state index is 0.497. The molecule has 0 saturated heterocycles. The third-order valence-electron chi connectivity index (χ3n) is 3.36. The van der Waals surface area contributed by atoms with Gasteiger partial charge in [-0.05, 0) is 38.7 Å². The molecule has 16 heavy (non-hydrogen) atoms. The summed E-state index contributed by atoms with van der Waals surface area (Å²) in [5, 5.41) is 0. The maximum absolute atomic E-state index is 5.50. The maximum atomic E-state index is 5.50. The molecule has 0 aliphatic rings. The molecule has 0 fully saturated rings. The van der Waals surface area contributed by atoms with E-state index in [0.717, 1.165) is 0 Å². The number of hydrogen-bond acceptors (Lipinski definition) is 2. The second-order valence-corrected chi connectivity index (χ2v) is 4.52. The van der Waals surface area contributed by atoms with Crippen LogP contribution in [0.4, 0.5) is 0 Å². The van der Waals surface area contributed by atoms with E-state index in [0.29, 0.717) is 6.92 Å². The zero-order chi connectivity index (χ0) is 12.2. The first kappa shape index (κ1) is 16.0. The highest BCUT2D eigenvalue weighted by Crippen LogP contribution is 2.10. The van der Waals surface area contributed by atoms with Crippen LogP contribution in [-0.2, 0) is 4.65 Å². The van der Waals surface area contributed by atoms with Gasteiger partial charge in [0, 0.05) is 7.11 Å². The van der Waals surface area contributed by atoms with Gasteiger partial charge in [0.15, 0.2) is 0 Å². The van der Waals surface area contributed by atoms with Crippen LogP contribution in [0, 0.1) is 0 Å². The molecule has 2 nitrogen and oxygen atoms in total. The number of rotatable bonds is 11. The molecule has 0 aliphatic heterocycles. The largest absolute Gasteiger partial charge is 0.439 e. The highest BCUT2D eigenvalue weighted by molar-refractivity contribution is 6.51. The van der Waals surface area contributed by atoms with E-state index >= 15 is 0 Å². The Kier molecular flexibility index (Phi) is 11.5. The molecule has 96 valence electrons. The first-order chi connectivity index (χ1) is 7.78. The molecular formula is C13H30BNO. The molecule has 0 heterocycles. The summed E-state index contributed by atoms with van der Waals surface area (Å²) in [6.45, 7) is 10.8. The van der Waals surface area contributed by atoms with Crippen molar-refractivity contribution >= 4 is 6.92 Å². The van der Waals surface area contributed by atoms with Crippen molar-refractivity contribution in [3.63, 3.8) is 0 Å². The number of nitrogens with zero attached hydrogens (tertiary/aromatic N) is 1. The minimum absolute atomic E-state index is 0.497. The molecule has 0 rings (SSSR count). The van der Waals surface area contributed by atoms with Gasteiger partial charge < -0.3 is 9.55 Å². The monoisotopic (exact) mass is 227 g/mol. The van der Waals surface area contributed by atoms with Crippen molar-refractivity contribution in [2.24, 2.45) is 0 Å². The molecule has 0 aromatic heterocycles. The molecule has 0 bridgehead atoms. The van der Waals surface area contributed by atoms with Gasteiger partial charge in [0.05, 0.1) is 0 Å². The summed E-state index contributed by atoms with van der Waals surface area (Å²) in [7, 11) is 1.85. The van der Waals surface area contributed by atoms with Gasteiger partial charge in [-0.1, -0.05) is 40.0 Å². The van der Waals surface area contributed by atoms with Crippen LogP contribution in [0.1, 0.15) is 46.5 Å². The van der Waals surface area contributed by atoms with Gasteiger partial charge in [0.25, 0.3) is 6.92 Å². The number of hydrogen-bond donors (Lipinski definition) is 0. The summed E-state index contributed by atoms with van der Waals surface area (Å²) < 4.78 is 5.50. The molecule has 0 aliphatic carbocycles. The van der Waals surface area contributed by atoms with Gasteiger partial charge in [-0.15, -0.1) is 0 Å². The molecule has 0 unspecified atom stereocenters. The third-order valence-corrected chi connectivity index (χ3v) is 3.36. The fourth-order valence-corrected chi connectivity index (χ4v) is 2.06. The van der Waals surface area contributed by atoms with E-state index < -0.39 is 0 Å². The average molecular weight is 227 g/mol. The molecule has 0 saturated carbocycles. The summed E-state index contributed by atoms with van der Waals surface area (Å²) in [6.07, 6.45) is 7.66. The van der Waals surface area contributed by atoms with E-state index in [1.54, 1.807) is 0 Å². The Bertz CT molecular complexity index is 140. The summed E-state index contributed by atoms with van der Waals surface area (Å²) >= 11 is 0. The highest BCUT2D eigenvalue weighted by Gasteiger charge is 2.12. The van der Waals surface area contributed by atoms with Crippen LogP contribution in [0.15, 0.2) is 0 Å². The van der Waals surface area contributed by atoms with Gasteiger partial charge in [0.1, 0.15) is 0 Å². The van der Waals surface area contributed by atoms with Crippen LogP contribution in [0.25, 0.3) is 0 Å². The van der Waals surface area contributed by atoms with Crippen LogP contribution in [0.2, 0.25) is 12.6 Å². The predicted octanol–water partition coefficient (Wildman–Crippen LogP) is 3.55. The van der Waals surface area contributed by atoms with Gasteiger partial charge in [-0.2, -0.15) is 0 Å². The van der Waals surface area contributed by atoms with Crippen LogP contribution >= 0.6 is 0 Å². The minimum Gasteiger partial charge on any atom is -0.439 e. The van der Waals surface area contributed by atoms with E-state index in [9.17, 15) is 0 Å². The molecule has 0 spiro atoms. The number of unbranched alkanes of at least 4 members (excludes halogenated alkanes) is 2. The Morgan fingerprint density at radius 3 is 2.06 bits per heavy atom. The normalized spacial score (nSPS) is 11.1. The molecule has 0 radical (unpaired) electrons. The topological polar surface area (TPSA) is 12.5 Å². The van der Waals surface area contributed by atoms with E-state index in [1.807, 2.05) is 7.11 Å². The Hall–Kier alpha value is -0.0151. The summed E-state index contributed by atoms with van der Waals surface area (Å²) in [6, 6.07) is 0. The van der Waals surface area contributed by atoms with Crippen molar-refractivity contribution in [3.8, 4) is 0 Å². The predicted molar refractivity (Wildman–Crippen MR) is 74.3 cm³/mol. The Balaban J connectivity index is 3.46. The standard InChI is InChI=1S/C13H30BNO/c1-5-8-11-14(16-4)12-9-10-13-15(6-2)7-3/h5-13H2,1-4H3. The van der Waals surface area contributed by atoms with Crippen molar-refractivity contribution in [2.75, 3.05) is 26.7 Å². The zero-order valence-electron chi connectivity index (χ0n) is 11.8. The van der Waals surface area contributed by atoms with Crippen LogP contribution in [0.3, 0.4) is 0 Å². The van der Waals surface area contributed by atoms with Crippen LogP contribution in [-0.4, -0.2) is 38.6 Å². The quantitative estimate of drug-likeness (QED) is 0.395. The third kappa shape index (κ3) is 8.17. The lowest BCUT2D eigenvalue weighted by Gasteiger charge is -2.18. The van der Waals surface area contributed by atoms with Crippen molar-refractivity contribution in [3.05, 3.63) is 0 Å². The SMILES string of the molecule is CCCCB(CCCCN(CC)CC)OC. The van der Waals surface area contributed by atoms with Crippen molar-refractivity contribution in [1.29, 1.82) is 0 Å². The molecular weight excluding hydrogens is 197 g/mol. The summed E-state index contributed by atoms with van der Waals surface area (Å²) in [5.41, 5.74) is 0. The smallest absolute Gasteiger partial charge is 0.292 e. The maximum Gasteiger partial charge on any atom is 0.292 e. The Morgan fingerprint density at radius 2 is 1.56 bits per heavy atom. The van der Waals surface area contributed by atoms with Crippen molar-refractivity contribution in [1.82, 2.24) is 4.90 Å². The van der Waals surface area contributed by atoms with Gasteiger partial charge in [-0.3, -0.25) is 0 Å². The van der Waals surface area contributed by atoms with E-state index in [2.05, 4.69) is 25.7 Å². The molecule has 0 aromatic carbocycles. The summed E-state index contributed by atoms with van der Waals surface area (Å²) in [4.78, 5) is 2.49. The first-order valence-corrected chi connectivity index (χ1v) is 7.03. The second-order valence-electron chi connectivity index (χ2n) is 4.52. The fraction of sp³-hybridized carbons (Fsp3) is 1.00. The molecule has 0 amide bonds.